The molecule has 0 nitrogen and oxygen atoms in total. The molecule has 0 aliphatic carbocycles. The maximum absolute atomic E-state index is 6.37. The first-order valence-corrected chi connectivity index (χ1v) is 8.26. The Bertz CT molecular complexity index is 427. The number of rotatable bonds is 6. The molecule has 0 heterocycles. The monoisotopic (exact) mass is 310 g/mol. The maximum atomic E-state index is 6.37. The number of thioether (sulfide) groups is 1. The van der Waals surface area contributed by atoms with E-state index < -0.39 is 0 Å². The van der Waals surface area contributed by atoms with Gasteiger partial charge in [-0.1, -0.05) is 60.7 Å². The van der Waals surface area contributed by atoms with Crippen molar-refractivity contribution in [1.29, 1.82) is 0 Å². The highest BCUT2D eigenvalue weighted by Gasteiger charge is 2.11. The second kappa shape index (κ2) is 7.84. The quantitative estimate of drug-likeness (QED) is 0.618. The van der Waals surface area contributed by atoms with Gasteiger partial charge in [-0.15, -0.1) is 23.2 Å². The van der Waals surface area contributed by atoms with Gasteiger partial charge in [-0.2, -0.15) is 11.8 Å². The van der Waals surface area contributed by atoms with E-state index in [4.69, 9.17) is 23.2 Å². The van der Waals surface area contributed by atoms with Gasteiger partial charge >= 0.3 is 0 Å². The SMILES string of the molecule is ClC(CSCC(Cl)c1ccccc1)c1ccccc1. The summed E-state index contributed by atoms with van der Waals surface area (Å²) in [5.74, 6) is 1.75. The summed E-state index contributed by atoms with van der Waals surface area (Å²) in [6, 6.07) is 20.3. The molecule has 0 saturated carbocycles. The molecule has 0 aliphatic rings. The van der Waals surface area contributed by atoms with Crippen molar-refractivity contribution in [3.63, 3.8) is 0 Å². The zero-order valence-corrected chi connectivity index (χ0v) is 12.8. The second-order valence-corrected chi connectivity index (χ2v) is 6.42. The summed E-state index contributed by atoms with van der Waals surface area (Å²) in [4.78, 5) is 0. The highest BCUT2D eigenvalue weighted by Crippen LogP contribution is 2.29. The minimum absolute atomic E-state index is 0.0471. The predicted molar refractivity (Wildman–Crippen MR) is 87.4 cm³/mol. The van der Waals surface area contributed by atoms with Crippen LogP contribution in [0.1, 0.15) is 21.9 Å². The van der Waals surface area contributed by atoms with Crippen LogP contribution in [0.2, 0.25) is 0 Å². The van der Waals surface area contributed by atoms with Gasteiger partial charge in [0.1, 0.15) is 0 Å². The highest BCUT2D eigenvalue weighted by atomic mass is 35.5. The molecule has 0 N–H and O–H groups in total. The molecule has 2 unspecified atom stereocenters. The van der Waals surface area contributed by atoms with Gasteiger partial charge in [0.05, 0.1) is 10.8 Å². The summed E-state index contributed by atoms with van der Waals surface area (Å²) in [6.45, 7) is 0. The molecule has 0 saturated heterocycles. The standard InChI is InChI=1S/C16H16Cl2S/c17-15(13-7-3-1-4-8-13)11-19-12-16(18)14-9-5-2-6-10-14/h1-10,15-16H,11-12H2. The van der Waals surface area contributed by atoms with Gasteiger partial charge in [0, 0.05) is 11.5 Å². The van der Waals surface area contributed by atoms with E-state index in [-0.39, 0.29) is 10.8 Å². The van der Waals surface area contributed by atoms with Gasteiger partial charge in [-0.05, 0) is 11.1 Å². The summed E-state index contributed by atoms with van der Waals surface area (Å²) in [5.41, 5.74) is 2.34. The van der Waals surface area contributed by atoms with Crippen molar-refractivity contribution in [3.8, 4) is 0 Å². The highest BCUT2D eigenvalue weighted by molar-refractivity contribution is 7.99. The van der Waals surface area contributed by atoms with Crippen molar-refractivity contribution in [3.05, 3.63) is 71.8 Å². The number of hydrogen-bond donors (Lipinski definition) is 0. The third kappa shape index (κ3) is 4.76. The first-order chi connectivity index (χ1) is 9.27. The lowest BCUT2D eigenvalue weighted by atomic mass is 10.2. The lowest BCUT2D eigenvalue weighted by molar-refractivity contribution is 1.07. The van der Waals surface area contributed by atoms with Crippen molar-refractivity contribution in [2.24, 2.45) is 0 Å². The van der Waals surface area contributed by atoms with Crippen molar-refractivity contribution >= 4 is 35.0 Å². The first-order valence-electron chi connectivity index (χ1n) is 6.23. The van der Waals surface area contributed by atoms with E-state index in [9.17, 15) is 0 Å². The molecule has 19 heavy (non-hydrogen) atoms. The molecular formula is C16H16Cl2S. The van der Waals surface area contributed by atoms with Crippen molar-refractivity contribution < 1.29 is 0 Å². The smallest absolute Gasteiger partial charge is 0.0675 e. The molecule has 0 spiro atoms. The summed E-state index contributed by atoms with van der Waals surface area (Å²) in [5, 5.41) is 0.0941. The minimum atomic E-state index is 0.0471. The summed E-state index contributed by atoms with van der Waals surface area (Å²) < 4.78 is 0. The fourth-order valence-corrected chi connectivity index (χ4v) is 3.55. The van der Waals surface area contributed by atoms with Crippen LogP contribution in [0.3, 0.4) is 0 Å². The molecule has 100 valence electrons. The second-order valence-electron chi connectivity index (χ2n) is 4.29. The molecule has 0 fully saturated rings. The van der Waals surface area contributed by atoms with Gasteiger partial charge in [0.2, 0.25) is 0 Å². The van der Waals surface area contributed by atoms with Gasteiger partial charge in [0.15, 0.2) is 0 Å². The van der Waals surface area contributed by atoms with E-state index in [1.54, 1.807) is 11.8 Å². The molecule has 0 radical (unpaired) electrons. The lowest BCUT2D eigenvalue weighted by Gasteiger charge is -2.12. The summed E-state index contributed by atoms with van der Waals surface area (Å²) >= 11 is 14.5. The Hall–Kier alpha value is -0.630. The van der Waals surface area contributed by atoms with E-state index in [2.05, 4.69) is 24.3 Å². The maximum Gasteiger partial charge on any atom is 0.0675 e. The Morgan fingerprint density at radius 1 is 0.684 bits per heavy atom. The Labute approximate surface area is 129 Å². The first kappa shape index (κ1) is 14.8. The van der Waals surface area contributed by atoms with Crippen LogP contribution in [-0.4, -0.2) is 11.5 Å². The third-order valence-corrected chi connectivity index (χ3v) is 5.17. The molecule has 0 aliphatic heterocycles. The molecule has 2 aromatic carbocycles. The molecule has 2 aromatic rings. The van der Waals surface area contributed by atoms with Crippen LogP contribution in [-0.2, 0) is 0 Å². The number of benzene rings is 2. The Morgan fingerprint density at radius 2 is 1.05 bits per heavy atom. The van der Waals surface area contributed by atoms with Gasteiger partial charge in [-0.25, -0.2) is 0 Å². The average molecular weight is 311 g/mol. The van der Waals surface area contributed by atoms with Crippen molar-refractivity contribution in [2.45, 2.75) is 10.8 Å². The number of alkyl halides is 2. The van der Waals surface area contributed by atoms with Crippen LogP contribution in [0.5, 0.6) is 0 Å². The van der Waals surface area contributed by atoms with Gasteiger partial charge < -0.3 is 0 Å². The summed E-state index contributed by atoms with van der Waals surface area (Å²) in [6.07, 6.45) is 0. The molecular weight excluding hydrogens is 295 g/mol. The normalized spacial score (nSPS) is 14.0. The molecule has 2 atom stereocenters. The molecule has 0 bridgehead atoms. The molecule has 0 aromatic heterocycles. The summed E-state index contributed by atoms with van der Waals surface area (Å²) in [7, 11) is 0. The topological polar surface area (TPSA) is 0 Å². The van der Waals surface area contributed by atoms with Gasteiger partial charge in [0.25, 0.3) is 0 Å². The van der Waals surface area contributed by atoms with E-state index in [0.29, 0.717) is 0 Å². The van der Waals surface area contributed by atoms with E-state index in [1.807, 2.05) is 36.4 Å². The Kier molecular flexibility index (Phi) is 6.09. The minimum Gasteiger partial charge on any atom is -0.158 e. The molecule has 3 heteroatoms. The van der Waals surface area contributed by atoms with Crippen LogP contribution in [0.25, 0.3) is 0 Å². The fraction of sp³-hybridized carbons (Fsp3) is 0.250. The molecule has 0 amide bonds. The van der Waals surface area contributed by atoms with Crippen LogP contribution >= 0.6 is 35.0 Å². The average Bonchev–Trinajstić information content (AvgIpc) is 2.49. The number of halogens is 2. The largest absolute Gasteiger partial charge is 0.158 e. The van der Waals surface area contributed by atoms with Crippen LogP contribution in [0.15, 0.2) is 60.7 Å². The van der Waals surface area contributed by atoms with E-state index in [1.165, 1.54) is 11.1 Å². The number of hydrogen-bond acceptors (Lipinski definition) is 1. The van der Waals surface area contributed by atoms with Crippen LogP contribution < -0.4 is 0 Å². The fourth-order valence-electron chi connectivity index (χ4n) is 1.79. The Morgan fingerprint density at radius 3 is 1.42 bits per heavy atom. The van der Waals surface area contributed by atoms with Crippen LogP contribution in [0, 0.1) is 0 Å². The van der Waals surface area contributed by atoms with Crippen molar-refractivity contribution in [2.75, 3.05) is 11.5 Å². The molecule has 2 rings (SSSR count). The zero-order chi connectivity index (χ0) is 13.5. The zero-order valence-electron chi connectivity index (χ0n) is 10.5. The third-order valence-electron chi connectivity index (χ3n) is 2.85. The van der Waals surface area contributed by atoms with E-state index >= 15 is 0 Å². The van der Waals surface area contributed by atoms with Crippen LogP contribution in [0.4, 0.5) is 0 Å². The van der Waals surface area contributed by atoms with E-state index in [0.717, 1.165) is 11.5 Å². The lowest BCUT2D eigenvalue weighted by Crippen LogP contribution is -1.98. The van der Waals surface area contributed by atoms with Gasteiger partial charge in [-0.3, -0.25) is 0 Å². The van der Waals surface area contributed by atoms with Crippen molar-refractivity contribution in [1.82, 2.24) is 0 Å². The Balaban J connectivity index is 1.78. The predicted octanol–water partition coefficient (Wildman–Crippen LogP) is 5.68.